The number of anilines is 1. The summed E-state index contributed by atoms with van der Waals surface area (Å²) in [6.45, 7) is 3.42. The zero-order valence-electron chi connectivity index (χ0n) is 20.3. The Balaban J connectivity index is 1.97. The topological polar surface area (TPSA) is 115 Å². The van der Waals surface area contributed by atoms with Crippen molar-refractivity contribution in [2.45, 2.75) is 19.9 Å². The average Bonchev–Trinajstić information content (AvgIpc) is 3.39. The van der Waals surface area contributed by atoms with Crippen molar-refractivity contribution in [1.29, 1.82) is 0 Å². The van der Waals surface area contributed by atoms with Crippen LogP contribution in [0.15, 0.2) is 48.0 Å². The van der Waals surface area contributed by atoms with Crippen LogP contribution in [0, 0.1) is 13.8 Å². The SMILES string of the molecule is COC(=O)c1sc(N2C(=O)C(=O)C(=C(O)c3ccc(OC)c(C)c3)[C@H]2c2ccccc2OC)nc1C. The number of methoxy groups -OCH3 is 3. The highest BCUT2D eigenvalue weighted by molar-refractivity contribution is 7.17. The third kappa shape index (κ3) is 4.09. The van der Waals surface area contributed by atoms with Gasteiger partial charge in [-0.15, -0.1) is 0 Å². The van der Waals surface area contributed by atoms with E-state index in [4.69, 9.17) is 14.2 Å². The highest BCUT2D eigenvalue weighted by Gasteiger charge is 2.49. The minimum Gasteiger partial charge on any atom is -0.507 e. The second-order valence-electron chi connectivity index (χ2n) is 8.00. The van der Waals surface area contributed by atoms with Gasteiger partial charge in [-0.2, -0.15) is 0 Å². The molecule has 1 fully saturated rings. The molecule has 10 heteroatoms. The first-order valence-corrected chi connectivity index (χ1v) is 11.7. The van der Waals surface area contributed by atoms with Crippen molar-refractivity contribution in [3.05, 3.63) is 75.3 Å². The normalized spacial score (nSPS) is 16.8. The monoisotopic (exact) mass is 508 g/mol. The number of ketones is 1. The number of para-hydroxylation sites is 1. The van der Waals surface area contributed by atoms with Crippen LogP contribution in [0.2, 0.25) is 0 Å². The lowest BCUT2D eigenvalue weighted by Gasteiger charge is -2.24. The Morgan fingerprint density at radius 1 is 1.03 bits per heavy atom. The van der Waals surface area contributed by atoms with Crippen molar-refractivity contribution in [3.8, 4) is 11.5 Å². The van der Waals surface area contributed by atoms with Gasteiger partial charge < -0.3 is 19.3 Å². The Bertz CT molecular complexity index is 1410. The number of aryl methyl sites for hydroxylation is 2. The zero-order valence-corrected chi connectivity index (χ0v) is 21.1. The van der Waals surface area contributed by atoms with Gasteiger partial charge in [0.2, 0.25) is 0 Å². The molecule has 1 amide bonds. The average molecular weight is 509 g/mol. The molecule has 0 unspecified atom stereocenters. The van der Waals surface area contributed by atoms with E-state index >= 15 is 0 Å². The quantitative estimate of drug-likeness (QED) is 0.228. The van der Waals surface area contributed by atoms with Crippen LogP contribution in [-0.4, -0.2) is 49.1 Å². The van der Waals surface area contributed by atoms with E-state index in [0.717, 1.165) is 16.9 Å². The van der Waals surface area contributed by atoms with E-state index in [9.17, 15) is 19.5 Å². The number of nitrogens with zero attached hydrogens (tertiary/aromatic N) is 2. The number of hydrogen-bond donors (Lipinski definition) is 1. The van der Waals surface area contributed by atoms with Gasteiger partial charge >= 0.3 is 11.9 Å². The van der Waals surface area contributed by atoms with Gasteiger partial charge in [-0.05, 0) is 43.7 Å². The van der Waals surface area contributed by atoms with Crippen LogP contribution in [0.1, 0.15) is 38.1 Å². The van der Waals surface area contributed by atoms with Crippen molar-refractivity contribution in [3.63, 3.8) is 0 Å². The summed E-state index contributed by atoms with van der Waals surface area (Å²) in [4.78, 5) is 44.8. The van der Waals surface area contributed by atoms with Crippen LogP contribution in [0.3, 0.4) is 0 Å². The molecule has 1 N–H and O–H groups in total. The van der Waals surface area contributed by atoms with Crippen molar-refractivity contribution >= 4 is 39.9 Å². The number of ether oxygens (including phenoxy) is 3. The summed E-state index contributed by atoms with van der Waals surface area (Å²) >= 11 is 0.930. The number of carbonyl (C=O) groups is 3. The van der Waals surface area contributed by atoms with Crippen LogP contribution in [-0.2, 0) is 14.3 Å². The summed E-state index contributed by atoms with van der Waals surface area (Å²) in [5, 5.41) is 11.5. The Kier molecular flexibility index (Phi) is 6.80. The van der Waals surface area contributed by atoms with Gasteiger partial charge in [0.25, 0.3) is 5.78 Å². The molecular weight excluding hydrogens is 484 g/mol. The number of rotatable bonds is 6. The van der Waals surface area contributed by atoms with Crippen LogP contribution in [0.25, 0.3) is 5.76 Å². The third-order valence-corrected chi connectivity index (χ3v) is 7.05. The predicted octanol–water partition coefficient (Wildman–Crippen LogP) is 4.19. The summed E-state index contributed by atoms with van der Waals surface area (Å²) in [5.41, 5.74) is 1.79. The first-order chi connectivity index (χ1) is 17.2. The summed E-state index contributed by atoms with van der Waals surface area (Å²) < 4.78 is 15.6. The van der Waals surface area contributed by atoms with Gasteiger partial charge in [-0.25, -0.2) is 9.78 Å². The standard InChI is InChI=1S/C26H24N2O7S/c1-13-12-15(10-11-17(13)33-3)21(29)19-20(16-8-6-7-9-18(16)34-4)28(24(31)22(19)30)26-27-14(2)23(36-26)25(32)35-5/h6-12,20,29H,1-5H3/t20-/m1/s1. The van der Waals surface area contributed by atoms with Crippen LogP contribution < -0.4 is 14.4 Å². The lowest BCUT2D eigenvalue weighted by atomic mass is 9.94. The minimum atomic E-state index is -1.06. The van der Waals surface area contributed by atoms with Crippen molar-refractivity contribution in [2.75, 3.05) is 26.2 Å². The maximum Gasteiger partial charge on any atom is 0.350 e. The molecule has 2 aromatic carbocycles. The Labute approximate surface area is 211 Å². The molecule has 1 atom stereocenters. The van der Waals surface area contributed by atoms with Crippen LogP contribution in [0.4, 0.5) is 5.13 Å². The van der Waals surface area contributed by atoms with Gasteiger partial charge in [0.15, 0.2) is 5.13 Å². The van der Waals surface area contributed by atoms with Crippen molar-refractivity contribution in [1.82, 2.24) is 4.98 Å². The molecule has 1 saturated heterocycles. The highest BCUT2D eigenvalue weighted by atomic mass is 32.1. The fraction of sp³-hybridized carbons (Fsp3) is 0.231. The molecular formula is C26H24N2O7S. The zero-order chi connectivity index (χ0) is 26.1. The predicted molar refractivity (Wildman–Crippen MR) is 134 cm³/mol. The Hall–Kier alpha value is -4.18. The highest BCUT2D eigenvalue weighted by Crippen LogP contribution is 2.46. The molecule has 1 aromatic heterocycles. The smallest absolute Gasteiger partial charge is 0.350 e. The number of thiazole rings is 1. The largest absolute Gasteiger partial charge is 0.507 e. The molecule has 4 rings (SSSR count). The molecule has 0 spiro atoms. The minimum absolute atomic E-state index is 0.121. The number of Topliss-reactive ketones (excluding diaryl/α,β-unsaturated/α-hetero) is 1. The van der Waals surface area contributed by atoms with E-state index in [1.807, 2.05) is 0 Å². The fourth-order valence-corrected chi connectivity index (χ4v) is 5.18. The van der Waals surface area contributed by atoms with Gasteiger partial charge in [0.05, 0.1) is 32.6 Å². The maximum absolute atomic E-state index is 13.4. The Morgan fingerprint density at radius 2 is 1.72 bits per heavy atom. The van der Waals surface area contributed by atoms with Crippen LogP contribution >= 0.6 is 11.3 Å². The molecule has 0 aliphatic carbocycles. The number of aliphatic hydroxyl groups excluding tert-OH is 1. The molecule has 186 valence electrons. The molecule has 2 heterocycles. The van der Waals surface area contributed by atoms with Crippen molar-refractivity contribution in [2.24, 2.45) is 0 Å². The first-order valence-electron chi connectivity index (χ1n) is 10.9. The lowest BCUT2D eigenvalue weighted by molar-refractivity contribution is -0.132. The summed E-state index contributed by atoms with van der Waals surface area (Å²) in [5.74, 6) is -1.70. The van der Waals surface area contributed by atoms with E-state index < -0.39 is 23.7 Å². The number of carbonyl (C=O) groups excluding carboxylic acids is 3. The maximum atomic E-state index is 13.4. The number of esters is 1. The van der Waals surface area contributed by atoms with Gasteiger partial charge in [-0.3, -0.25) is 14.5 Å². The molecule has 0 saturated carbocycles. The number of amides is 1. The van der Waals surface area contributed by atoms with E-state index in [-0.39, 0.29) is 21.3 Å². The van der Waals surface area contributed by atoms with Gasteiger partial charge in [0.1, 0.15) is 28.2 Å². The van der Waals surface area contributed by atoms with E-state index in [0.29, 0.717) is 28.3 Å². The molecule has 1 aliphatic heterocycles. The summed E-state index contributed by atoms with van der Waals surface area (Å²) in [6.07, 6.45) is 0. The third-order valence-electron chi connectivity index (χ3n) is 5.91. The Morgan fingerprint density at radius 3 is 2.36 bits per heavy atom. The molecule has 3 aromatic rings. The molecule has 0 bridgehead atoms. The van der Waals surface area contributed by atoms with Crippen molar-refractivity contribution < 1.29 is 33.7 Å². The molecule has 0 radical (unpaired) electrons. The first kappa shape index (κ1) is 24.9. The number of benzene rings is 2. The van der Waals surface area contributed by atoms with E-state index in [1.165, 1.54) is 26.2 Å². The number of hydrogen-bond acceptors (Lipinski definition) is 9. The second kappa shape index (κ2) is 9.82. The van der Waals surface area contributed by atoms with Gasteiger partial charge in [-0.1, -0.05) is 29.5 Å². The van der Waals surface area contributed by atoms with E-state index in [2.05, 4.69) is 4.98 Å². The number of aromatic nitrogens is 1. The number of aliphatic hydroxyl groups is 1. The van der Waals surface area contributed by atoms with Crippen LogP contribution in [0.5, 0.6) is 11.5 Å². The van der Waals surface area contributed by atoms with Gasteiger partial charge in [0, 0.05) is 11.1 Å². The molecule has 36 heavy (non-hydrogen) atoms. The fourth-order valence-electron chi connectivity index (χ4n) is 4.16. The lowest BCUT2D eigenvalue weighted by Crippen LogP contribution is -2.29. The second-order valence-corrected chi connectivity index (χ2v) is 8.98. The molecule has 9 nitrogen and oxygen atoms in total. The van der Waals surface area contributed by atoms with E-state index in [1.54, 1.807) is 56.3 Å². The summed E-state index contributed by atoms with van der Waals surface area (Å²) in [6, 6.07) is 10.8. The molecule has 1 aliphatic rings. The summed E-state index contributed by atoms with van der Waals surface area (Å²) in [7, 11) is 4.26.